The van der Waals surface area contributed by atoms with Crippen molar-refractivity contribution in [2.24, 2.45) is 0 Å². The van der Waals surface area contributed by atoms with E-state index in [1.165, 1.54) is 11.1 Å². The van der Waals surface area contributed by atoms with Crippen LogP contribution in [0.15, 0.2) is 48.7 Å². The molecule has 148 valence electrons. The van der Waals surface area contributed by atoms with E-state index in [9.17, 15) is 5.11 Å². The smallest absolute Gasteiger partial charge is 0.128 e. The molecule has 0 saturated carbocycles. The number of ether oxygens (including phenoxy) is 1. The molecular formula is C23H29N3O2. The normalized spacial score (nSPS) is 27.5. The first-order valence-electron chi connectivity index (χ1n) is 10.5. The van der Waals surface area contributed by atoms with Gasteiger partial charge in [0.15, 0.2) is 0 Å². The Morgan fingerprint density at radius 3 is 2.61 bits per heavy atom. The molecule has 3 aliphatic rings. The number of nitrogens with zero attached hydrogens (tertiary/aromatic N) is 3. The van der Waals surface area contributed by atoms with Crippen LogP contribution < -0.4 is 4.90 Å². The lowest BCUT2D eigenvalue weighted by molar-refractivity contribution is -0.000397. The summed E-state index contributed by atoms with van der Waals surface area (Å²) in [4.78, 5) is 9.33. The first-order valence-corrected chi connectivity index (χ1v) is 10.5. The molecule has 1 spiro atoms. The maximum atomic E-state index is 11.7. The molecule has 1 aliphatic carbocycles. The fraction of sp³-hybridized carbons (Fsp3) is 0.522. The molecule has 28 heavy (non-hydrogen) atoms. The Bertz CT molecular complexity index is 797. The number of piperidine rings is 1. The van der Waals surface area contributed by atoms with Gasteiger partial charge in [0.2, 0.25) is 0 Å². The number of anilines is 1. The van der Waals surface area contributed by atoms with Crippen LogP contribution in [0.2, 0.25) is 0 Å². The van der Waals surface area contributed by atoms with Crippen molar-refractivity contribution in [2.75, 3.05) is 44.3 Å². The summed E-state index contributed by atoms with van der Waals surface area (Å²) in [6.07, 6.45) is 4.45. The van der Waals surface area contributed by atoms with Crippen LogP contribution in [0, 0.1) is 0 Å². The predicted octanol–water partition coefficient (Wildman–Crippen LogP) is 2.76. The lowest BCUT2D eigenvalue weighted by Crippen LogP contribution is -2.50. The van der Waals surface area contributed by atoms with E-state index in [1.54, 1.807) is 0 Å². The van der Waals surface area contributed by atoms with Crippen molar-refractivity contribution in [3.05, 3.63) is 59.8 Å². The maximum absolute atomic E-state index is 11.7. The molecule has 2 atom stereocenters. The Morgan fingerprint density at radius 2 is 1.79 bits per heavy atom. The van der Waals surface area contributed by atoms with Crippen molar-refractivity contribution in [3.63, 3.8) is 0 Å². The van der Waals surface area contributed by atoms with Gasteiger partial charge in [0.25, 0.3) is 0 Å². The first kappa shape index (κ1) is 18.1. The molecule has 5 heteroatoms. The minimum absolute atomic E-state index is 0.0827. The van der Waals surface area contributed by atoms with Gasteiger partial charge in [-0.2, -0.15) is 0 Å². The number of benzene rings is 1. The Balaban J connectivity index is 1.44. The van der Waals surface area contributed by atoms with Crippen LogP contribution in [0.25, 0.3) is 0 Å². The highest BCUT2D eigenvalue weighted by Crippen LogP contribution is 2.53. The molecule has 3 heterocycles. The summed E-state index contributed by atoms with van der Waals surface area (Å²) in [6, 6.07) is 14.9. The molecular weight excluding hydrogens is 350 g/mol. The Labute approximate surface area is 166 Å². The van der Waals surface area contributed by atoms with Gasteiger partial charge in [-0.25, -0.2) is 4.98 Å². The molecule has 2 saturated heterocycles. The van der Waals surface area contributed by atoms with Crippen LogP contribution in [-0.4, -0.2) is 60.5 Å². The number of pyridine rings is 1. The quantitative estimate of drug-likeness (QED) is 0.870. The standard InChI is InChI=1S/C23H29N3O2/c27-22-21(26-12-5-16-28-17-15-26)18-6-1-2-7-19(18)23(22)9-13-25(14-10-23)20-8-3-4-11-24-20/h1-4,6-8,11,21-22,27H,5,9-10,12-17H2/t21-,22+/m0/s1. The molecule has 5 nitrogen and oxygen atoms in total. The van der Waals surface area contributed by atoms with Gasteiger partial charge in [0.05, 0.1) is 18.8 Å². The molecule has 0 amide bonds. The van der Waals surface area contributed by atoms with E-state index in [4.69, 9.17) is 4.74 Å². The van der Waals surface area contributed by atoms with Crippen molar-refractivity contribution < 1.29 is 9.84 Å². The Hall–Kier alpha value is -1.95. The van der Waals surface area contributed by atoms with Crippen molar-refractivity contribution in [3.8, 4) is 0 Å². The van der Waals surface area contributed by atoms with Gasteiger partial charge >= 0.3 is 0 Å². The highest BCUT2D eigenvalue weighted by atomic mass is 16.5. The minimum atomic E-state index is -0.367. The summed E-state index contributed by atoms with van der Waals surface area (Å²) in [5.74, 6) is 1.04. The van der Waals surface area contributed by atoms with Crippen LogP contribution in [-0.2, 0) is 10.2 Å². The number of hydrogen-bond acceptors (Lipinski definition) is 5. The van der Waals surface area contributed by atoms with Crippen molar-refractivity contribution >= 4 is 5.82 Å². The lowest BCUT2D eigenvalue weighted by atomic mass is 9.72. The molecule has 2 aliphatic heterocycles. The fourth-order valence-electron chi connectivity index (χ4n) is 5.52. The second kappa shape index (κ2) is 7.47. The monoisotopic (exact) mass is 379 g/mol. The van der Waals surface area contributed by atoms with Gasteiger partial charge in [-0.15, -0.1) is 0 Å². The van der Waals surface area contributed by atoms with Crippen LogP contribution >= 0.6 is 0 Å². The van der Waals surface area contributed by atoms with E-state index in [0.29, 0.717) is 0 Å². The number of aliphatic hydroxyl groups excluding tert-OH is 1. The summed E-state index contributed by atoms with van der Waals surface area (Å²) >= 11 is 0. The zero-order valence-corrected chi connectivity index (χ0v) is 16.3. The largest absolute Gasteiger partial charge is 0.390 e. The van der Waals surface area contributed by atoms with E-state index in [2.05, 4.69) is 45.1 Å². The van der Waals surface area contributed by atoms with Gasteiger partial charge in [0, 0.05) is 44.4 Å². The van der Waals surface area contributed by atoms with Gasteiger partial charge in [0.1, 0.15) is 5.82 Å². The van der Waals surface area contributed by atoms with Crippen LogP contribution in [0.1, 0.15) is 36.4 Å². The molecule has 1 aromatic carbocycles. The van der Waals surface area contributed by atoms with E-state index >= 15 is 0 Å². The van der Waals surface area contributed by atoms with Gasteiger partial charge in [-0.1, -0.05) is 30.3 Å². The molecule has 0 bridgehead atoms. The summed E-state index contributed by atoms with van der Waals surface area (Å²) in [5, 5.41) is 11.7. The highest BCUT2D eigenvalue weighted by molar-refractivity contribution is 5.48. The molecule has 1 N–H and O–H groups in total. The van der Waals surface area contributed by atoms with Crippen LogP contribution in [0.5, 0.6) is 0 Å². The van der Waals surface area contributed by atoms with E-state index in [1.807, 2.05) is 18.3 Å². The van der Waals surface area contributed by atoms with Crippen molar-refractivity contribution in [2.45, 2.75) is 36.8 Å². The highest BCUT2D eigenvalue weighted by Gasteiger charge is 2.54. The minimum Gasteiger partial charge on any atom is -0.390 e. The molecule has 2 aromatic rings. The number of hydrogen-bond donors (Lipinski definition) is 1. The Morgan fingerprint density at radius 1 is 0.964 bits per heavy atom. The zero-order valence-electron chi connectivity index (χ0n) is 16.3. The van der Waals surface area contributed by atoms with E-state index < -0.39 is 0 Å². The number of rotatable bonds is 2. The molecule has 1 aromatic heterocycles. The lowest BCUT2D eigenvalue weighted by Gasteiger charge is -2.44. The van der Waals surface area contributed by atoms with Crippen molar-refractivity contribution in [1.82, 2.24) is 9.88 Å². The molecule has 2 fully saturated rings. The zero-order chi connectivity index (χ0) is 19.0. The summed E-state index contributed by atoms with van der Waals surface area (Å²) in [7, 11) is 0. The fourth-order valence-corrected chi connectivity index (χ4v) is 5.52. The number of fused-ring (bicyclic) bond motifs is 2. The van der Waals surface area contributed by atoms with Gasteiger partial charge < -0.3 is 14.7 Å². The SMILES string of the molecule is O[C@@H]1[C@@H](N2CCCOCC2)c2ccccc2C12CCN(c1ccccn1)CC2. The van der Waals surface area contributed by atoms with Gasteiger partial charge in [-0.05, 0) is 42.5 Å². The average molecular weight is 380 g/mol. The second-order valence-corrected chi connectivity index (χ2v) is 8.31. The molecule has 0 unspecified atom stereocenters. The molecule has 5 rings (SSSR count). The third kappa shape index (κ3) is 2.93. The van der Waals surface area contributed by atoms with E-state index in [0.717, 1.165) is 64.5 Å². The number of aliphatic hydroxyl groups is 1. The second-order valence-electron chi connectivity index (χ2n) is 8.31. The topological polar surface area (TPSA) is 48.8 Å². The predicted molar refractivity (Wildman–Crippen MR) is 110 cm³/mol. The summed E-state index contributed by atoms with van der Waals surface area (Å²) in [6.45, 7) is 5.33. The van der Waals surface area contributed by atoms with Crippen molar-refractivity contribution in [1.29, 1.82) is 0 Å². The molecule has 0 radical (unpaired) electrons. The summed E-state index contributed by atoms with van der Waals surface area (Å²) in [5.41, 5.74) is 2.53. The average Bonchev–Trinajstić information content (AvgIpc) is 2.93. The summed E-state index contributed by atoms with van der Waals surface area (Å²) < 4.78 is 5.67. The first-order chi connectivity index (χ1) is 13.8. The van der Waals surface area contributed by atoms with Crippen LogP contribution in [0.4, 0.5) is 5.82 Å². The van der Waals surface area contributed by atoms with E-state index in [-0.39, 0.29) is 17.6 Å². The van der Waals surface area contributed by atoms with Crippen LogP contribution in [0.3, 0.4) is 0 Å². The van der Waals surface area contributed by atoms with Gasteiger partial charge in [-0.3, -0.25) is 4.90 Å². The number of aromatic nitrogens is 1. The third-order valence-corrected chi connectivity index (χ3v) is 6.96. The third-order valence-electron chi connectivity index (χ3n) is 6.96. The maximum Gasteiger partial charge on any atom is 0.128 e. The Kier molecular flexibility index (Phi) is 4.83.